The summed E-state index contributed by atoms with van der Waals surface area (Å²) in [5, 5.41) is 3.23. The highest BCUT2D eigenvalue weighted by atomic mass is 35.5. The van der Waals surface area contributed by atoms with Crippen LogP contribution in [0.1, 0.15) is 16.7 Å². The van der Waals surface area contributed by atoms with E-state index in [1.54, 1.807) is 0 Å². The second-order valence-electron chi connectivity index (χ2n) is 5.15. The predicted octanol–water partition coefficient (Wildman–Crippen LogP) is 1.84. The zero-order valence-corrected chi connectivity index (χ0v) is 13.2. The van der Waals surface area contributed by atoms with Crippen molar-refractivity contribution in [2.24, 2.45) is 0 Å². The van der Waals surface area contributed by atoms with Gasteiger partial charge in [0.15, 0.2) is 6.61 Å². The first-order valence-electron chi connectivity index (χ1n) is 6.77. The van der Waals surface area contributed by atoms with Crippen LogP contribution in [0.4, 0.5) is 0 Å². The summed E-state index contributed by atoms with van der Waals surface area (Å²) < 4.78 is 5.73. The molecule has 0 radical (unpaired) electrons. The van der Waals surface area contributed by atoms with E-state index >= 15 is 0 Å². The largest absolute Gasteiger partial charge is 0.483 e. The molecule has 1 aromatic rings. The fourth-order valence-corrected chi connectivity index (χ4v) is 2.53. The fraction of sp³-hybridized carbons (Fsp3) is 0.533. The fourth-order valence-electron chi connectivity index (χ4n) is 2.53. The number of nitrogens with zero attached hydrogens (tertiary/aromatic N) is 1. The Kier molecular flexibility index (Phi) is 6.30. The van der Waals surface area contributed by atoms with Gasteiger partial charge in [-0.05, 0) is 31.9 Å². The van der Waals surface area contributed by atoms with E-state index in [1.165, 1.54) is 5.56 Å². The van der Waals surface area contributed by atoms with Gasteiger partial charge in [-0.1, -0.05) is 17.7 Å². The van der Waals surface area contributed by atoms with Crippen molar-refractivity contribution in [2.45, 2.75) is 20.8 Å². The first kappa shape index (κ1) is 16.8. The lowest BCUT2D eigenvalue weighted by Gasteiger charge is -2.27. The molecule has 1 aliphatic heterocycles. The van der Waals surface area contributed by atoms with Crippen LogP contribution >= 0.6 is 12.4 Å². The molecule has 0 saturated carbocycles. The number of carbonyl (C=O) groups is 1. The van der Waals surface area contributed by atoms with Crippen LogP contribution < -0.4 is 10.1 Å². The molecule has 0 aromatic heterocycles. The monoisotopic (exact) mass is 298 g/mol. The van der Waals surface area contributed by atoms with Crippen LogP contribution in [0.3, 0.4) is 0 Å². The Morgan fingerprint density at radius 3 is 2.30 bits per heavy atom. The van der Waals surface area contributed by atoms with E-state index in [2.05, 4.69) is 24.4 Å². The van der Waals surface area contributed by atoms with E-state index in [4.69, 9.17) is 4.74 Å². The van der Waals surface area contributed by atoms with Crippen LogP contribution in [0.15, 0.2) is 12.1 Å². The molecule has 4 nitrogen and oxygen atoms in total. The molecule has 0 atom stereocenters. The molecule has 1 N–H and O–H groups in total. The van der Waals surface area contributed by atoms with Gasteiger partial charge in [-0.15, -0.1) is 12.4 Å². The summed E-state index contributed by atoms with van der Waals surface area (Å²) in [5.74, 6) is 0.912. The predicted molar refractivity (Wildman–Crippen MR) is 82.8 cm³/mol. The van der Waals surface area contributed by atoms with Crippen LogP contribution in [0, 0.1) is 20.8 Å². The number of aryl methyl sites for hydroxylation is 3. The molecular weight excluding hydrogens is 276 g/mol. The molecule has 1 saturated heterocycles. The summed E-state index contributed by atoms with van der Waals surface area (Å²) >= 11 is 0. The summed E-state index contributed by atoms with van der Waals surface area (Å²) in [6, 6.07) is 4.16. The highest BCUT2D eigenvalue weighted by Crippen LogP contribution is 2.24. The van der Waals surface area contributed by atoms with Gasteiger partial charge in [0.25, 0.3) is 5.91 Å². The van der Waals surface area contributed by atoms with Crippen molar-refractivity contribution in [3.05, 3.63) is 28.8 Å². The summed E-state index contributed by atoms with van der Waals surface area (Å²) in [5.41, 5.74) is 3.40. The smallest absolute Gasteiger partial charge is 0.260 e. The third-order valence-corrected chi connectivity index (χ3v) is 3.41. The summed E-state index contributed by atoms with van der Waals surface area (Å²) in [6.07, 6.45) is 0. The average molecular weight is 299 g/mol. The highest BCUT2D eigenvalue weighted by molar-refractivity contribution is 5.85. The Hall–Kier alpha value is -1.26. The minimum Gasteiger partial charge on any atom is -0.483 e. The number of amides is 1. The normalized spacial score (nSPS) is 14.7. The maximum absolute atomic E-state index is 12.0. The lowest BCUT2D eigenvalue weighted by molar-refractivity contribution is -0.133. The maximum atomic E-state index is 12.0. The summed E-state index contributed by atoms with van der Waals surface area (Å²) in [4.78, 5) is 13.9. The van der Waals surface area contributed by atoms with E-state index in [0.29, 0.717) is 0 Å². The van der Waals surface area contributed by atoms with E-state index in [1.807, 2.05) is 18.7 Å². The van der Waals surface area contributed by atoms with Gasteiger partial charge in [-0.3, -0.25) is 4.79 Å². The summed E-state index contributed by atoms with van der Waals surface area (Å²) in [7, 11) is 0. The van der Waals surface area contributed by atoms with Gasteiger partial charge in [-0.25, -0.2) is 0 Å². The van der Waals surface area contributed by atoms with Gasteiger partial charge in [0.05, 0.1) is 0 Å². The minimum absolute atomic E-state index is 0. The van der Waals surface area contributed by atoms with Gasteiger partial charge in [0.1, 0.15) is 5.75 Å². The molecule has 0 aliphatic carbocycles. The first-order valence-corrected chi connectivity index (χ1v) is 6.77. The number of hydrogen-bond donors (Lipinski definition) is 1. The van der Waals surface area contributed by atoms with Gasteiger partial charge in [0, 0.05) is 26.2 Å². The third kappa shape index (κ3) is 4.12. The Morgan fingerprint density at radius 1 is 1.20 bits per heavy atom. The molecule has 112 valence electrons. The number of ether oxygens (including phenoxy) is 1. The number of nitrogens with one attached hydrogen (secondary N) is 1. The number of piperazine rings is 1. The molecule has 1 aromatic carbocycles. The zero-order chi connectivity index (χ0) is 13.8. The molecule has 1 fully saturated rings. The maximum Gasteiger partial charge on any atom is 0.260 e. The molecule has 5 heteroatoms. The number of halogens is 1. The van der Waals surface area contributed by atoms with Crippen molar-refractivity contribution in [3.8, 4) is 5.75 Å². The van der Waals surface area contributed by atoms with E-state index in [-0.39, 0.29) is 24.9 Å². The van der Waals surface area contributed by atoms with Crippen molar-refractivity contribution in [3.63, 3.8) is 0 Å². The standard InChI is InChI=1S/C15H22N2O2.ClH/c1-11-8-12(2)15(13(3)9-11)19-10-14(18)17-6-4-16-5-7-17;/h8-9,16H,4-7,10H2,1-3H3;1H. The van der Waals surface area contributed by atoms with Crippen molar-refractivity contribution >= 4 is 18.3 Å². The lowest BCUT2D eigenvalue weighted by Crippen LogP contribution is -2.48. The topological polar surface area (TPSA) is 41.6 Å². The molecule has 1 amide bonds. The van der Waals surface area contributed by atoms with Crippen LogP contribution in [0.2, 0.25) is 0 Å². The van der Waals surface area contributed by atoms with Gasteiger partial charge < -0.3 is 15.0 Å². The van der Waals surface area contributed by atoms with Crippen molar-refractivity contribution < 1.29 is 9.53 Å². The highest BCUT2D eigenvalue weighted by Gasteiger charge is 2.17. The van der Waals surface area contributed by atoms with Gasteiger partial charge in [0.2, 0.25) is 0 Å². The second-order valence-corrected chi connectivity index (χ2v) is 5.15. The van der Waals surface area contributed by atoms with E-state index in [9.17, 15) is 4.79 Å². The molecule has 1 aliphatic rings. The number of benzene rings is 1. The molecular formula is C15H23ClN2O2. The van der Waals surface area contributed by atoms with E-state index in [0.717, 1.165) is 43.1 Å². The van der Waals surface area contributed by atoms with Crippen LogP contribution in [0.5, 0.6) is 5.75 Å². The Labute approximate surface area is 126 Å². The second kappa shape index (κ2) is 7.50. The SMILES string of the molecule is Cc1cc(C)c(OCC(=O)N2CCNCC2)c(C)c1.Cl. The Bertz CT molecular complexity index is 448. The lowest BCUT2D eigenvalue weighted by atomic mass is 10.1. The molecule has 0 unspecified atom stereocenters. The number of carbonyl (C=O) groups excluding carboxylic acids is 1. The Balaban J connectivity index is 0.00000200. The molecule has 1 heterocycles. The van der Waals surface area contributed by atoms with E-state index < -0.39 is 0 Å². The van der Waals surface area contributed by atoms with Crippen LogP contribution in [0.25, 0.3) is 0 Å². The zero-order valence-electron chi connectivity index (χ0n) is 12.4. The molecule has 2 rings (SSSR count). The molecule has 20 heavy (non-hydrogen) atoms. The van der Waals surface area contributed by atoms with Crippen molar-refractivity contribution in [1.82, 2.24) is 10.2 Å². The van der Waals surface area contributed by atoms with Crippen molar-refractivity contribution in [1.29, 1.82) is 0 Å². The number of hydrogen-bond acceptors (Lipinski definition) is 3. The number of rotatable bonds is 3. The average Bonchev–Trinajstić information content (AvgIpc) is 2.38. The third-order valence-electron chi connectivity index (χ3n) is 3.41. The van der Waals surface area contributed by atoms with Crippen molar-refractivity contribution in [2.75, 3.05) is 32.8 Å². The van der Waals surface area contributed by atoms with Gasteiger partial charge >= 0.3 is 0 Å². The first-order chi connectivity index (χ1) is 9.08. The summed E-state index contributed by atoms with van der Waals surface area (Å²) in [6.45, 7) is 9.51. The van der Waals surface area contributed by atoms with Gasteiger partial charge in [-0.2, -0.15) is 0 Å². The molecule has 0 bridgehead atoms. The Morgan fingerprint density at radius 2 is 1.75 bits per heavy atom. The quantitative estimate of drug-likeness (QED) is 0.926. The van der Waals surface area contributed by atoms with Crippen LogP contribution in [-0.4, -0.2) is 43.6 Å². The molecule has 0 spiro atoms. The van der Waals surface area contributed by atoms with Crippen LogP contribution in [-0.2, 0) is 4.79 Å². The minimum atomic E-state index is 0.